The molecule has 3 aromatic rings. The average Bonchev–Trinajstić information content (AvgIpc) is 3.04. The highest BCUT2D eigenvalue weighted by Gasteiger charge is 2.06. The number of carbonyl (C=O) groups excluding carboxylic acids is 1. The third-order valence-corrected chi connectivity index (χ3v) is 4.74. The Labute approximate surface area is 146 Å². The molecule has 1 aromatic heterocycles. The van der Waals surface area contributed by atoms with Gasteiger partial charge in [-0.2, -0.15) is 0 Å². The Balaban J connectivity index is 1.50. The van der Waals surface area contributed by atoms with Crippen LogP contribution in [0.15, 0.2) is 60.8 Å². The van der Waals surface area contributed by atoms with Crippen LogP contribution in [0.2, 0.25) is 0 Å². The fourth-order valence-electron chi connectivity index (χ4n) is 2.44. The molecule has 0 spiro atoms. The first-order valence-electron chi connectivity index (χ1n) is 7.99. The molecule has 3 nitrogen and oxygen atoms in total. The second-order valence-electron chi connectivity index (χ2n) is 5.82. The molecule has 0 bridgehead atoms. The van der Waals surface area contributed by atoms with Gasteiger partial charge >= 0.3 is 0 Å². The van der Waals surface area contributed by atoms with Crippen molar-refractivity contribution in [1.82, 2.24) is 10.3 Å². The van der Waals surface area contributed by atoms with E-state index < -0.39 is 0 Å². The largest absolute Gasteiger partial charge is 0.349 e. The maximum absolute atomic E-state index is 12.0. The standard InChI is InChI=1S/C20H20N2OS/c1-15-7-9-17(10-8-15)11-18-13-22-20(24-18)14-21-19(23)12-16-5-3-2-4-6-16/h2-10,13H,11-12,14H2,1H3,(H,21,23). The third-order valence-electron chi connectivity index (χ3n) is 3.74. The number of amides is 1. The molecule has 2 aromatic carbocycles. The SMILES string of the molecule is Cc1ccc(Cc2cnc(CNC(=O)Cc3ccccc3)s2)cc1. The molecule has 0 radical (unpaired) electrons. The van der Waals surface area contributed by atoms with Crippen molar-refractivity contribution in [3.63, 3.8) is 0 Å². The maximum Gasteiger partial charge on any atom is 0.224 e. The third kappa shape index (κ3) is 4.77. The summed E-state index contributed by atoms with van der Waals surface area (Å²) in [6.07, 6.45) is 3.20. The van der Waals surface area contributed by atoms with E-state index in [9.17, 15) is 4.79 Å². The van der Waals surface area contributed by atoms with Crippen molar-refractivity contribution in [3.8, 4) is 0 Å². The van der Waals surface area contributed by atoms with Gasteiger partial charge < -0.3 is 5.32 Å². The fraction of sp³-hybridized carbons (Fsp3) is 0.200. The van der Waals surface area contributed by atoms with Crippen LogP contribution < -0.4 is 5.32 Å². The molecule has 3 rings (SSSR count). The maximum atomic E-state index is 12.0. The minimum absolute atomic E-state index is 0.0245. The second-order valence-corrected chi connectivity index (χ2v) is 7.02. The number of aromatic nitrogens is 1. The monoisotopic (exact) mass is 336 g/mol. The minimum Gasteiger partial charge on any atom is -0.349 e. The molecule has 4 heteroatoms. The molecule has 0 unspecified atom stereocenters. The van der Waals surface area contributed by atoms with Crippen LogP contribution in [-0.4, -0.2) is 10.9 Å². The van der Waals surface area contributed by atoms with E-state index in [1.165, 1.54) is 16.0 Å². The van der Waals surface area contributed by atoms with Gasteiger partial charge in [-0.05, 0) is 18.1 Å². The topological polar surface area (TPSA) is 42.0 Å². The van der Waals surface area contributed by atoms with Gasteiger partial charge in [0, 0.05) is 17.5 Å². The minimum atomic E-state index is 0.0245. The van der Waals surface area contributed by atoms with Crippen molar-refractivity contribution in [1.29, 1.82) is 0 Å². The van der Waals surface area contributed by atoms with Crippen LogP contribution in [0, 0.1) is 6.92 Å². The van der Waals surface area contributed by atoms with Gasteiger partial charge in [0.1, 0.15) is 5.01 Å². The molecule has 0 aliphatic carbocycles. The van der Waals surface area contributed by atoms with Gasteiger partial charge in [-0.1, -0.05) is 60.2 Å². The highest BCUT2D eigenvalue weighted by molar-refractivity contribution is 7.11. The van der Waals surface area contributed by atoms with Gasteiger partial charge in [-0.3, -0.25) is 4.79 Å². The predicted octanol–water partition coefficient (Wildman–Crippen LogP) is 3.90. The summed E-state index contributed by atoms with van der Waals surface area (Å²) < 4.78 is 0. The van der Waals surface area contributed by atoms with Gasteiger partial charge in [0.2, 0.25) is 5.91 Å². The molecule has 1 amide bonds. The summed E-state index contributed by atoms with van der Waals surface area (Å²) in [6, 6.07) is 18.3. The van der Waals surface area contributed by atoms with E-state index in [0.29, 0.717) is 13.0 Å². The number of rotatable bonds is 6. The number of carbonyl (C=O) groups is 1. The molecule has 1 heterocycles. The molecule has 0 fully saturated rings. The summed E-state index contributed by atoms with van der Waals surface area (Å²) >= 11 is 1.65. The van der Waals surface area contributed by atoms with E-state index in [2.05, 4.69) is 41.5 Å². The average molecular weight is 336 g/mol. The Morgan fingerprint density at radius 1 is 1.04 bits per heavy atom. The predicted molar refractivity (Wildman–Crippen MR) is 98.1 cm³/mol. The van der Waals surface area contributed by atoms with E-state index in [1.54, 1.807) is 11.3 Å². The summed E-state index contributed by atoms with van der Waals surface area (Å²) in [4.78, 5) is 17.6. The number of hydrogen-bond acceptors (Lipinski definition) is 3. The summed E-state index contributed by atoms with van der Waals surface area (Å²) in [5.41, 5.74) is 3.57. The first kappa shape index (κ1) is 16.4. The molecule has 24 heavy (non-hydrogen) atoms. The summed E-state index contributed by atoms with van der Waals surface area (Å²) in [5.74, 6) is 0.0245. The fourth-order valence-corrected chi connectivity index (χ4v) is 3.33. The van der Waals surface area contributed by atoms with E-state index in [0.717, 1.165) is 17.0 Å². The molecule has 0 saturated heterocycles. The van der Waals surface area contributed by atoms with Crippen LogP contribution in [-0.2, 0) is 24.2 Å². The highest BCUT2D eigenvalue weighted by atomic mass is 32.1. The zero-order valence-electron chi connectivity index (χ0n) is 13.7. The van der Waals surface area contributed by atoms with Crippen LogP contribution in [0.5, 0.6) is 0 Å². The second kappa shape index (κ2) is 7.88. The van der Waals surface area contributed by atoms with E-state index in [1.807, 2.05) is 36.5 Å². The molecule has 0 saturated carbocycles. The lowest BCUT2D eigenvalue weighted by atomic mass is 10.1. The first-order valence-corrected chi connectivity index (χ1v) is 8.80. The van der Waals surface area contributed by atoms with Gasteiger partial charge in [-0.15, -0.1) is 11.3 Å². The Hall–Kier alpha value is -2.46. The highest BCUT2D eigenvalue weighted by Crippen LogP contribution is 2.17. The van der Waals surface area contributed by atoms with Crippen LogP contribution in [0.4, 0.5) is 0 Å². The Morgan fingerprint density at radius 2 is 1.79 bits per heavy atom. The zero-order chi connectivity index (χ0) is 16.8. The Morgan fingerprint density at radius 3 is 2.54 bits per heavy atom. The van der Waals surface area contributed by atoms with Crippen molar-refractivity contribution < 1.29 is 4.79 Å². The molecular formula is C20H20N2OS. The summed E-state index contributed by atoms with van der Waals surface area (Å²) in [5, 5.41) is 3.88. The van der Waals surface area contributed by atoms with E-state index in [4.69, 9.17) is 0 Å². The van der Waals surface area contributed by atoms with Crippen LogP contribution in [0.25, 0.3) is 0 Å². The van der Waals surface area contributed by atoms with Crippen molar-refractivity contribution in [2.75, 3.05) is 0 Å². The first-order chi connectivity index (χ1) is 11.7. The lowest BCUT2D eigenvalue weighted by Crippen LogP contribution is -2.24. The Kier molecular flexibility index (Phi) is 5.39. The van der Waals surface area contributed by atoms with Crippen LogP contribution in [0.3, 0.4) is 0 Å². The van der Waals surface area contributed by atoms with Crippen molar-refractivity contribution in [2.45, 2.75) is 26.3 Å². The molecule has 1 N–H and O–H groups in total. The van der Waals surface area contributed by atoms with Gasteiger partial charge in [-0.25, -0.2) is 4.98 Å². The van der Waals surface area contributed by atoms with Gasteiger partial charge in [0.15, 0.2) is 0 Å². The number of thiazole rings is 1. The molecular weight excluding hydrogens is 316 g/mol. The van der Waals surface area contributed by atoms with Gasteiger partial charge in [0.25, 0.3) is 0 Å². The lowest BCUT2D eigenvalue weighted by molar-refractivity contribution is -0.120. The number of nitrogens with one attached hydrogen (secondary N) is 1. The zero-order valence-corrected chi connectivity index (χ0v) is 14.5. The molecule has 0 atom stereocenters. The van der Waals surface area contributed by atoms with Gasteiger partial charge in [0.05, 0.1) is 13.0 Å². The quantitative estimate of drug-likeness (QED) is 0.742. The number of aryl methyl sites for hydroxylation is 1. The lowest BCUT2D eigenvalue weighted by Gasteiger charge is -2.03. The number of nitrogens with zero attached hydrogens (tertiary/aromatic N) is 1. The van der Waals surface area contributed by atoms with Crippen molar-refractivity contribution in [3.05, 3.63) is 87.4 Å². The summed E-state index contributed by atoms with van der Waals surface area (Å²) in [6.45, 7) is 2.58. The smallest absolute Gasteiger partial charge is 0.224 e. The molecule has 0 aliphatic heterocycles. The summed E-state index contributed by atoms with van der Waals surface area (Å²) in [7, 11) is 0. The van der Waals surface area contributed by atoms with Crippen LogP contribution >= 0.6 is 11.3 Å². The van der Waals surface area contributed by atoms with E-state index in [-0.39, 0.29) is 5.91 Å². The van der Waals surface area contributed by atoms with E-state index >= 15 is 0 Å². The Bertz CT molecular complexity index is 794. The number of benzene rings is 2. The van der Waals surface area contributed by atoms with Crippen molar-refractivity contribution >= 4 is 17.2 Å². The van der Waals surface area contributed by atoms with Crippen LogP contribution in [0.1, 0.15) is 26.6 Å². The molecule has 122 valence electrons. The van der Waals surface area contributed by atoms with Crippen molar-refractivity contribution in [2.24, 2.45) is 0 Å². The number of hydrogen-bond donors (Lipinski definition) is 1. The molecule has 0 aliphatic rings. The normalized spacial score (nSPS) is 10.5.